The standard InChI is InChI=1S/C17H14F3N3O/c1-11(2)10-22-23-14(12-7-5-4-6-8-12)9-13(17(18,19)20)15(21-3)16(23)24/h4-11H,1-2H3. The van der Waals surface area contributed by atoms with Crippen molar-refractivity contribution in [1.29, 1.82) is 0 Å². The average Bonchev–Trinajstić information content (AvgIpc) is 2.52. The minimum Gasteiger partial charge on any atom is -0.281 e. The molecule has 0 spiro atoms. The Hall–Kier alpha value is -2.88. The first-order valence-electron chi connectivity index (χ1n) is 7.10. The SMILES string of the molecule is [C-]#[N+]c1c(C(F)(F)F)cc(-c2ccccc2)n(N=CC(C)C)c1=O. The molecule has 0 bridgehead atoms. The summed E-state index contributed by atoms with van der Waals surface area (Å²) < 4.78 is 40.5. The predicted molar refractivity (Wildman–Crippen MR) is 86.1 cm³/mol. The smallest absolute Gasteiger partial charge is 0.281 e. The quantitative estimate of drug-likeness (QED) is 0.599. The summed E-state index contributed by atoms with van der Waals surface area (Å²) in [5.74, 6) is -0.0146. The van der Waals surface area contributed by atoms with Gasteiger partial charge in [0.1, 0.15) is 0 Å². The highest BCUT2D eigenvalue weighted by Crippen LogP contribution is 2.36. The van der Waals surface area contributed by atoms with Gasteiger partial charge in [-0.2, -0.15) is 18.3 Å². The number of alkyl halides is 3. The highest BCUT2D eigenvalue weighted by atomic mass is 19.4. The zero-order valence-electron chi connectivity index (χ0n) is 13.0. The Labute approximate surface area is 136 Å². The van der Waals surface area contributed by atoms with Crippen LogP contribution >= 0.6 is 0 Å². The van der Waals surface area contributed by atoms with Crippen LogP contribution in [0.3, 0.4) is 0 Å². The van der Waals surface area contributed by atoms with E-state index in [1.807, 2.05) is 13.8 Å². The molecule has 0 aliphatic heterocycles. The number of hydrogen-bond acceptors (Lipinski definition) is 2. The van der Waals surface area contributed by atoms with Crippen LogP contribution in [0.5, 0.6) is 0 Å². The Morgan fingerprint density at radius 2 is 1.88 bits per heavy atom. The van der Waals surface area contributed by atoms with Crippen LogP contribution in [-0.4, -0.2) is 10.9 Å². The van der Waals surface area contributed by atoms with Crippen LogP contribution < -0.4 is 5.56 Å². The van der Waals surface area contributed by atoms with Gasteiger partial charge in [-0.1, -0.05) is 44.2 Å². The summed E-state index contributed by atoms with van der Waals surface area (Å²) in [6.07, 6.45) is -3.36. The molecule has 4 nitrogen and oxygen atoms in total. The number of benzene rings is 1. The molecule has 0 unspecified atom stereocenters. The van der Waals surface area contributed by atoms with Crippen LogP contribution in [-0.2, 0) is 6.18 Å². The Bertz CT molecular complexity index is 860. The Morgan fingerprint density at radius 1 is 1.25 bits per heavy atom. The average molecular weight is 333 g/mol. The van der Waals surface area contributed by atoms with Crippen LogP contribution in [0.2, 0.25) is 0 Å². The molecule has 2 rings (SSSR count). The van der Waals surface area contributed by atoms with Crippen molar-refractivity contribution < 1.29 is 13.2 Å². The minimum absolute atomic E-state index is 0.0146. The highest BCUT2D eigenvalue weighted by Gasteiger charge is 2.36. The van der Waals surface area contributed by atoms with Crippen molar-refractivity contribution in [2.75, 3.05) is 0 Å². The van der Waals surface area contributed by atoms with E-state index < -0.39 is 23.0 Å². The number of pyridine rings is 1. The Morgan fingerprint density at radius 3 is 2.38 bits per heavy atom. The third-order valence-electron chi connectivity index (χ3n) is 3.13. The van der Waals surface area contributed by atoms with Crippen LogP contribution in [0.1, 0.15) is 19.4 Å². The number of halogens is 3. The molecule has 1 aromatic heterocycles. The van der Waals surface area contributed by atoms with Gasteiger partial charge in [0.15, 0.2) is 0 Å². The summed E-state index contributed by atoms with van der Waals surface area (Å²) in [6.45, 7) is 10.6. The molecule has 0 amide bonds. The Kier molecular flexibility index (Phi) is 4.88. The monoisotopic (exact) mass is 333 g/mol. The lowest BCUT2D eigenvalue weighted by molar-refractivity contribution is -0.136. The fourth-order valence-electron chi connectivity index (χ4n) is 2.04. The molecule has 1 aromatic carbocycles. The maximum Gasteiger partial charge on any atom is 0.407 e. The van der Waals surface area contributed by atoms with Gasteiger partial charge in [-0.3, -0.25) is 4.79 Å². The number of nitrogens with zero attached hydrogens (tertiary/aromatic N) is 3. The molecule has 2 aromatic rings. The second-order valence-electron chi connectivity index (χ2n) is 5.39. The molecule has 124 valence electrons. The topological polar surface area (TPSA) is 38.7 Å². The highest BCUT2D eigenvalue weighted by molar-refractivity contribution is 5.67. The van der Waals surface area contributed by atoms with E-state index in [0.29, 0.717) is 5.56 Å². The summed E-state index contributed by atoms with van der Waals surface area (Å²) in [5.41, 5.74) is -2.94. The third kappa shape index (κ3) is 3.54. The number of rotatable bonds is 3. The molecule has 0 aliphatic rings. The van der Waals surface area contributed by atoms with E-state index in [1.165, 1.54) is 6.21 Å². The van der Waals surface area contributed by atoms with Gasteiger partial charge < -0.3 is 0 Å². The van der Waals surface area contributed by atoms with Crippen molar-refractivity contribution >= 4 is 11.9 Å². The van der Waals surface area contributed by atoms with E-state index in [0.717, 1.165) is 10.7 Å². The lowest BCUT2D eigenvalue weighted by atomic mass is 10.1. The lowest BCUT2D eigenvalue weighted by Crippen LogP contribution is -2.22. The second-order valence-corrected chi connectivity index (χ2v) is 5.39. The fourth-order valence-corrected chi connectivity index (χ4v) is 2.04. The maximum absolute atomic E-state index is 13.2. The normalized spacial score (nSPS) is 11.9. The van der Waals surface area contributed by atoms with Gasteiger partial charge in [-0.25, -0.2) is 9.52 Å². The van der Waals surface area contributed by atoms with Gasteiger partial charge in [0.25, 0.3) is 11.2 Å². The van der Waals surface area contributed by atoms with Crippen LogP contribution in [0.25, 0.3) is 16.1 Å². The molecule has 0 fully saturated rings. The van der Waals surface area contributed by atoms with Crippen LogP contribution in [0, 0.1) is 12.5 Å². The Balaban J connectivity index is 2.87. The van der Waals surface area contributed by atoms with Gasteiger partial charge in [-0.15, -0.1) is 0 Å². The lowest BCUT2D eigenvalue weighted by Gasteiger charge is -2.14. The summed E-state index contributed by atoms with van der Waals surface area (Å²) in [4.78, 5) is 15.2. The fraction of sp³-hybridized carbons (Fsp3) is 0.235. The van der Waals surface area contributed by atoms with Crippen molar-refractivity contribution in [2.45, 2.75) is 20.0 Å². The van der Waals surface area contributed by atoms with E-state index in [1.54, 1.807) is 30.3 Å². The molecule has 0 radical (unpaired) electrons. The van der Waals surface area contributed by atoms with Crippen molar-refractivity contribution in [3.8, 4) is 11.3 Å². The van der Waals surface area contributed by atoms with Crippen LogP contribution in [0.15, 0.2) is 46.3 Å². The molecule has 1 heterocycles. The van der Waals surface area contributed by atoms with E-state index in [-0.39, 0.29) is 11.6 Å². The van der Waals surface area contributed by atoms with E-state index in [9.17, 15) is 18.0 Å². The molecule has 0 atom stereocenters. The first kappa shape index (κ1) is 17.5. The molecule has 24 heavy (non-hydrogen) atoms. The first-order valence-corrected chi connectivity index (χ1v) is 7.10. The molecule has 0 saturated heterocycles. The van der Waals surface area contributed by atoms with Crippen molar-refractivity contribution in [3.63, 3.8) is 0 Å². The van der Waals surface area contributed by atoms with Gasteiger partial charge in [0.05, 0.1) is 17.8 Å². The van der Waals surface area contributed by atoms with Crippen molar-refractivity contribution in [3.05, 3.63) is 63.7 Å². The molecule has 7 heteroatoms. The predicted octanol–water partition coefficient (Wildman–Crippen LogP) is 4.57. The van der Waals surface area contributed by atoms with Crippen molar-refractivity contribution in [2.24, 2.45) is 11.0 Å². The third-order valence-corrected chi connectivity index (χ3v) is 3.13. The van der Waals surface area contributed by atoms with Gasteiger partial charge in [-0.05, 0) is 12.0 Å². The summed E-state index contributed by atoms with van der Waals surface area (Å²) in [5, 5.41) is 3.98. The zero-order valence-corrected chi connectivity index (χ0v) is 13.0. The first-order chi connectivity index (χ1) is 11.3. The molecular weight excluding hydrogens is 319 g/mol. The summed E-state index contributed by atoms with van der Waals surface area (Å²) in [7, 11) is 0. The summed E-state index contributed by atoms with van der Waals surface area (Å²) >= 11 is 0. The van der Waals surface area contributed by atoms with E-state index in [2.05, 4.69) is 9.95 Å². The van der Waals surface area contributed by atoms with Gasteiger partial charge in [0.2, 0.25) is 0 Å². The van der Waals surface area contributed by atoms with E-state index in [4.69, 9.17) is 6.57 Å². The molecule has 0 saturated carbocycles. The van der Waals surface area contributed by atoms with Gasteiger partial charge in [0, 0.05) is 11.8 Å². The number of hydrogen-bond donors (Lipinski definition) is 0. The zero-order chi connectivity index (χ0) is 17.9. The number of aromatic nitrogens is 1. The molecule has 0 N–H and O–H groups in total. The van der Waals surface area contributed by atoms with Gasteiger partial charge >= 0.3 is 6.18 Å². The molecule has 0 aliphatic carbocycles. The minimum atomic E-state index is -4.80. The van der Waals surface area contributed by atoms with Crippen LogP contribution in [0.4, 0.5) is 18.9 Å². The van der Waals surface area contributed by atoms with E-state index >= 15 is 0 Å². The van der Waals surface area contributed by atoms with Crippen molar-refractivity contribution in [1.82, 2.24) is 4.68 Å². The maximum atomic E-state index is 13.2. The largest absolute Gasteiger partial charge is 0.407 e. The summed E-state index contributed by atoms with van der Waals surface area (Å²) in [6, 6.07) is 8.95. The second kappa shape index (κ2) is 6.71. The molecular formula is C17H14F3N3O.